The zero-order valence-electron chi connectivity index (χ0n) is 15.0. The number of carbonyl (C=O) groups is 1. The van der Waals surface area contributed by atoms with E-state index in [0.29, 0.717) is 12.0 Å². The van der Waals surface area contributed by atoms with Crippen molar-refractivity contribution in [2.24, 2.45) is 0 Å². The fourth-order valence-electron chi connectivity index (χ4n) is 2.81. The Kier molecular flexibility index (Phi) is 5.35. The van der Waals surface area contributed by atoms with Crippen LogP contribution in [0.5, 0.6) is 0 Å². The van der Waals surface area contributed by atoms with E-state index in [2.05, 4.69) is 41.0 Å². The molecule has 128 valence electrons. The standard InChI is InChI=1S/C19H30N2O2/c1-18(2,3)23-17(22)21-19(4,5)13-20-16-11-15(12-16)14-9-7-6-8-10-14/h6-10,15-16,20H,11-13H2,1-5H3,(H,21,22). The maximum Gasteiger partial charge on any atom is 0.408 e. The molecule has 1 saturated carbocycles. The van der Waals surface area contributed by atoms with Crippen LogP contribution in [-0.2, 0) is 4.74 Å². The number of ether oxygens (including phenoxy) is 1. The van der Waals surface area contributed by atoms with Crippen LogP contribution < -0.4 is 10.6 Å². The van der Waals surface area contributed by atoms with Gasteiger partial charge in [0.1, 0.15) is 5.60 Å². The molecule has 0 aliphatic heterocycles. The number of benzene rings is 1. The van der Waals surface area contributed by atoms with Crippen molar-refractivity contribution in [1.82, 2.24) is 10.6 Å². The van der Waals surface area contributed by atoms with E-state index in [4.69, 9.17) is 4.74 Å². The van der Waals surface area contributed by atoms with Gasteiger partial charge in [0.15, 0.2) is 0 Å². The van der Waals surface area contributed by atoms with Gasteiger partial charge in [-0.2, -0.15) is 0 Å². The van der Waals surface area contributed by atoms with Crippen molar-refractivity contribution in [3.8, 4) is 0 Å². The second kappa shape index (κ2) is 6.91. The summed E-state index contributed by atoms with van der Waals surface area (Å²) in [4.78, 5) is 11.9. The molecule has 1 amide bonds. The lowest BCUT2D eigenvalue weighted by Gasteiger charge is -2.39. The molecule has 1 aromatic rings. The van der Waals surface area contributed by atoms with Gasteiger partial charge in [-0.3, -0.25) is 0 Å². The smallest absolute Gasteiger partial charge is 0.408 e. The molecule has 23 heavy (non-hydrogen) atoms. The monoisotopic (exact) mass is 318 g/mol. The van der Waals surface area contributed by atoms with Crippen LogP contribution in [0.15, 0.2) is 30.3 Å². The van der Waals surface area contributed by atoms with E-state index in [-0.39, 0.29) is 11.6 Å². The average Bonchev–Trinajstić information content (AvgIpc) is 2.34. The molecule has 1 fully saturated rings. The van der Waals surface area contributed by atoms with Crippen molar-refractivity contribution in [3.63, 3.8) is 0 Å². The minimum Gasteiger partial charge on any atom is -0.444 e. The van der Waals surface area contributed by atoms with Crippen LogP contribution in [0.4, 0.5) is 4.79 Å². The second-order valence-electron chi connectivity index (χ2n) is 8.17. The minimum atomic E-state index is -0.468. The number of hydrogen-bond donors (Lipinski definition) is 2. The Morgan fingerprint density at radius 1 is 1.13 bits per heavy atom. The zero-order valence-corrected chi connectivity index (χ0v) is 15.0. The number of carbonyl (C=O) groups excluding carboxylic acids is 1. The fraction of sp³-hybridized carbons (Fsp3) is 0.632. The summed E-state index contributed by atoms with van der Waals surface area (Å²) in [6.45, 7) is 10.4. The van der Waals surface area contributed by atoms with Crippen molar-refractivity contribution in [1.29, 1.82) is 0 Å². The molecule has 4 heteroatoms. The highest BCUT2D eigenvalue weighted by Crippen LogP contribution is 2.36. The van der Waals surface area contributed by atoms with Crippen molar-refractivity contribution < 1.29 is 9.53 Å². The van der Waals surface area contributed by atoms with Gasteiger partial charge in [0.05, 0.1) is 5.54 Å². The fourth-order valence-corrected chi connectivity index (χ4v) is 2.81. The van der Waals surface area contributed by atoms with Gasteiger partial charge >= 0.3 is 6.09 Å². The van der Waals surface area contributed by atoms with Gasteiger partial charge in [-0.05, 0) is 58.9 Å². The minimum absolute atomic E-state index is 0.333. The zero-order chi connectivity index (χ0) is 17.1. The number of amides is 1. The highest BCUT2D eigenvalue weighted by atomic mass is 16.6. The molecule has 0 radical (unpaired) electrons. The van der Waals surface area contributed by atoms with Crippen LogP contribution in [0, 0.1) is 0 Å². The Morgan fingerprint density at radius 3 is 2.30 bits per heavy atom. The van der Waals surface area contributed by atoms with Gasteiger partial charge in [0, 0.05) is 12.6 Å². The van der Waals surface area contributed by atoms with Crippen molar-refractivity contribution in [2.75, 3.05) is 6.54 Å². The van der Waals surface area contributed by atoms with Crippen LogP contribution in [0.2, 0.25) is 0 Å². The van der Waals surface area contributed by atoms with E-state index in [1.54, 1.807) is 0 Å². The first-order valence-corrected chi connectivity index (χ1v) is 8.44. The topological polar surface area (TPSA) is 50.4 Å². The predicted molar refractivity (Wildman–Crippen MR) is 93.7 cm³/mol. The summed E-state index contributed by atoms with van der Waals surface area (Å²) in [7, 11) is 0. The Labute approximate surface area is 140 Å². The lowest BCUT2D eigenvalue weighted by molar-refractivity contribution is 0.0468. The van der Waals surface area contributed by atoms with Gasteiger partial charge in [-0.15, -0.1) is 0 Å². The van der Waals surface area contributed by atoms with Crippen molar-refractivity contribution in [3.05, 3.63) is 35.9 Å². The summed E-state index contributed by atoms with van der Waals surface area (Å²) in [5, 5.41) is 6.49. The Balaban J connectivity index is 1.71. The molecule has 4 nitrogen and oxygen atoms in total. The Hall–Kier alpha value is -1.55. The van der Waals surface area contributed by atoms with Gasteiger partial charge in [0.2, 0.25) is 0 Å². The Bertz CT molecular complexity index is 514. The van der Waals surface area contributed by atoms with E-state index in [0.717, 1.165) is 19.4 Å². The summed E-state index contributed by atoms with van der Waals surface area (Å²) >= 11 is 0. The second-order valence-corrected chi connectivity index (χ2v) is 8.17. The van der Waals surface area contributed by atoms with Crippen molar-refractivity contribution >= 4 is 6.09 Å². The average molecular weight is 318 g/mol. The molecule has 0 bridgehead atoms. The van der Waals surface area contributed by atoms with E-state index in [9.17, 15) is 4.79 Å². The van der Waals surface area contributed by atoms with Crippen LogP contribution in [0.25, 0.3) is 0 Å². The third-order valence-corrected chi connectivity index (χ3v) is 4.08. The lowest BCUT2D eigenvalue weighted by atomic mass is 9.75. The summed E-state index contributed by atoms with van der Waals surface area (Å²) in [6.07, 6.45) is 1.96. The maximum atomic E-state index is 11.9. The van der Waals surface area contributed by atoms with Gasteiger partial charge < -0.3 is 15.4 Å². The van der Waals surface area contributed by atoms with Gasteiger partial charge in [-0.1, -0.05) is 30.3 Å². The van der Waals surface area contributed by atoms with Gasteiger partial charge in [0.25, 0.3) is 0 Å². The third kappa shape index (κ3) is 5.87. The molecule has 1 aliphatic carbocycles. The number of rotatable bonds is 5. The first-order chi connectivity index (χ1) is 10.6. The largest absolute Gasteiger partial charge is 0.444 e. The molecular weight excluding hydrogens is 288 g/mol. The van der Waals surface area contributed by atoms with Crippen molar-refractivity contribution in [2.45, 2.75) is 70.6 Å². The molecule has 0 unspecified atom stereocenters. The van der Waals surface area contributed by atoms with Crippen LogP contribution >= 0.6 is 0 Å². The highest BCUT2D eigenvalue weighted by molar-refractivity contribution is 5.68. The molecule has 0 heterocycles. The molecule has 0 saturated heterocycles. The molecular formula is C19H30N2O2. The third-order valence-electron chi connectivity index (χ3n) is 4.08. The van der Waals surface area contributed by atoms with E-state index < -0.39 is 5.60 Å². The molecule has 2 N–H and O–H groups in total. The number of alkyl carbamates (subject to hydrolysis) is 1. The first-order valence-electron chi connectivity index (χ1n) is 8.44. The van der Waals surface area contributed by atoms with E-state index in [1.165, 1.54) is 5.56 Å². The molecule has 0 aromatic heterocycles. The molecule has 2 rings (SSSR count). The summed E-state index contributed by atoms with van der Waals surface area (Å²) in [5.74, 6) is 0.663. The Morgan fingerprint density at radius 2 is 1.74 bits per heavy atom. The molecule has 0 spiro atoms. The van der Waals surface area contributed by atoms with E-state index in [1.807, 2.05) is 34.6 Å². The van der Waals surface area contributed by atoms with E-state index >= 15 is 0 Å². The lowest BCUT2D eigenvalue weighted by Crippen LogP contribution is -2.54. The number of nitrogens with one attached hydrogen (secondary N) is 2. The molecule has 1 aliphatic rings. The van der Waals surface area contributed by atoms with Crippen LogP contribution in [0.1, 0.15) is 58.9 Å². The normalized spacial score (nSPS) is 21.4. The van der Waals surface area contributed by atoms with Gasteiger partial charge in [-0.25, -0.2) is 4.79 Å². The molecule has 0 atom stereocenters. The predicted octanol–water partition coefficient (Wildman–Crippen LogP) is 3.83. The quantitative estimate of drug-likeness (QED) is 0.867. The SMILES string of the molecule is CC(C)(CNC1CC(c2ccccc2)C1)NC(=O)OC(C)(C)C. The maximum absolute atomic E-state index is 11.9. The number of hydrogen-bond acceptors (Lipinski definition) is 3. The van der Waals surface area contributed by atoms with Crippen LogP contribution in [-0.4, -0.2) is 29.8 Å². The summed E-state index contributed by atoms with van der Waals surface area (Å²) < 4.78 is 5.32. The summed E-state index contributed by atoms with van der Waals surface area (Å²) in [6, 6.07) is 11.2. The summed E-state index contributed by atoms with van der Waals surface area (Å²) in [5.41, 5.74) is 0.627. The molecule has 1 aromatic carbocycles. The first kappa shape index (κ1) is 17.8. The highest BCUT2D eigenvalue weighted by Gasteiger charge is 2.32. The van der Waals surface area contributed by atoms with Crippen LogP contribution in [0.3, 0.4) is 0 Å².